The molecule has 2 heterocycles. The average molecular weight is 330 g/mol. The number of carbonyl (C=O) groups is 1. The van der Waals surface area contributed by atoms with Gasteiger partial charge in [-0.3, -0.25) is 4.90 Å². The molecule has 1 aliphatic heterocycles. The Balaban J connectivity index is 1.78. The Morgan fingerprint density at radius 2 is 2.12 bits per heavy atom. The molecule has 1 fully saturated rings. The maximum atomic E-state index is 13.9. The van der Waals surface area contributed by atoms with Crippen LogP contribution in [-0.2, 0) is 6.61 Å². The first-order valence-corrected chi connectivity index (χ1v) is 7.11. The summed E-state index contributed by atoms with van der Waals surface area (Å²) in [5.41, 5.74) is 0.113. The number of anilines is 1. The molecular formula is C16H12F2N4O2. The van der Waals surface area contributed by atoms with Crippen molar-refractivity contribution in [3.8, 4) is 11.8 Å². The molecule has 6 nitrogen and oxygen atoms in total. The summed E-state index contributed by atoms with van der Waals surface area (Å²) in [5.74, 6) is -1.15. The highest BCUT2D eigenvalue weighted by molar-refractivity contribution is 5.93. The smallest absolute Gasteiger partial charge is 0.323 e. The van der Waals surface area contributed by atoms with Gasteiger partial charge in [0.15, 0.2) is 11.6 Å². The van der Waals surface area contributed by atoms with E-state index >= 15 is 0 Å². The fraction of sp³-hybridized carbons (Fsp3) is 0.188. The molecule has 0 bridgehead atoms. The third-order valence-corrected chi connectivity index (χ3v) is 3.46. The highest BCUT2D eigenvalue weighted by atomic mass is 19.1. The Bertz CT molecular complexity index is 835. The first kappa shape index (κ1) is 15.7. The van der Waals surface area contributed by atoms with Crippen LogP contribution in [0.5, 0.6) is 5.75 Å². The van der Waals surface area contributed by atoms with Crippen molar-refractivity contribution in [2.24, 2.45) is 0 Å². The van der Waals surface area contributed by atoms with Crippen molar-refractivity contribution in [1.82, 2.24) is 10.3 Å². The van der Waals surface area contributed by atoms with Crippen LogP contribution in [0.2, 0.25) is 0 Å². The second kappa shape index (κ2) is 6.50. The van der Waals surface area contributed by atoms with Crippen LogP contribution in [0.15, 0.2) is 30.3 Å². The third-order valence-electron chi connectivity index (χ3n) is 3.46. The number of hydrogen-bond donors (Lipinski definition) is 1. The Kier molecular flexibility index (Phi) is 4.24. The monoisotopic (exact) mass is 330 g/mol. The van der Waals surface area contributed by atoms with Gasteiger partial charge in [0.1, 0.15) is 23.9 Å². The molecule has 0 aliphatic carbocycles. The zero-order chi connectivity index (χ0) is 17.1. The predicted octanol–water partition coefficient (Wildman–Crippen LogP) is 2.34. The SMILES string of the molecule is N#Cc1ccc(OCc2nc(N3CCNC3=O)ccc2F)c(F)c1. The number of rotatable bonds is 4. The molecule has 3 rings (SSSR count). The van der Waals surface area contributed by atoms with Gasteiger partial charge in [0.2, 0.25) is 0 Å². The molecule has 1 N–H and O–H groups in total. The summed E-state index contributed by atoms with van der Waals surface area (Å²) in [4.78, 5) is 17.1. The van der Waals surface area contributed by atoms with Crippen LogP contribution < -0.4 is 15.0 Å². The summed E-state index contributed by atoms with van der Waals surface area (Å²) in [6.07, 6.45) is 0. The Labute approximate surface area is 136 Å². The van der Waals surface area contributed by atoms with Crippen molar-refractivity contribution in [3.05, 3.63) is 53.2 Å². The number of benzene rings is 1. The molecule has 1 aromatic heterocycles. The summed E-state index contributed by atoms with van der Waals surface area (Å²) in [5, 5.41) is 11.3. The zero-order valence-electron chi connectivity index (χ0n) is 12.4. The van der Waals surface area contributed by atoms with Crippen LogP contribution in [0.1, 0.15) is 11.3 Å². The molecule has 8 heteroatoms. The standard InChI is InChI=1S/C16H12F2N4O2/c17-11-2-4-15(22-6-5-20-16(22)23)21-13(11)9-24-14-3-1-10(8-19)7-12(14)18/h1-4,7H,5-6,9H2,(H,20,23). The first-order valence-electron chi connectivity index (χ1n) is 7.11. The molecule has 122 valence electrons. The minimum atomic E-state index is -0.718. The van der Waals surface area contributed by atoms with Gasteiger partial charge in [-0.2, -0.15) is 5.26 Å². The summed E-state index contributed by atoms with van der Waals surface area (Å²) in [6.45, 7) is 0.611. The van der Waals surface area contributed by atoms with Crippen molar-refractivity contribution >= 4 is 11.8 Å². The maximum Gasteiger partial charge on any atom is 0.323 e. The quantitative estimate of drug-likeness (QED) is 0.933. The van der Waals surface area contributed by atoms with E-state index in [9.17, 15) is 13.6 Å². The number of aromatic nitrogens is 1. The third kappa shape index (κ3) is 3.10. The molecule has 0 atom stereocenters. The van der Waals surface area contributed by atoms with E-state index in [0.717, 1.165) is 6.07 Å². The lowest BCUT2D eigenvalue weighted by atomic mass is 10.2. The normalized spacial score (nSPS) is 13.5. The molecule has 24 heavy (non-hydrogen) atoms. The Morgan fingerprint density at radius 3 is 2.79 bits per heavy atom. The van der Waals surface area contributed by atoms with Gasteiger partial charge < -0.3 is 10.1 Å². The second-order valence-corrected chi connectivity index (χ2v) is 5.03. The van der Waals surface area contributed by atoms with E-state index in [4.69, 9.17) is 10.00 Å². The van der Waals surface area contributed by atoms with Gasteiger partial charge in [-0.25, -0.2) is 18.6 Å². The number of carbonyl (C=O) groups excluding carboxylic acids is 1. The van der Waals surface area contributed by atoms with Gasteiger partial charge in [0.05, 0.1) is 11.6 Å². The molecule has 1 aliphatic rings. The van der Waals surface area contributed by atoms with E-state index in [-0.39, 0.29) is 29.6 Å². The van der Waals surface area contributed by atoms with E-state index in [1.165, 1.54) is 29.2 Å². The predicted molar refractivity (Wildman–Crippen MR) is 80.4 cm³/mol. The van der Waals surface area contributed by atoms with Crippen LogP contribution in [-0.4, -0.2) is 24.1 Å². The van der Waals surface area contributed by atoms with E-state index in [0.29, 0.717) is 18.9 Å². The summed E-state index contributed by atoms with van der Waals surface area (Å²) >= 11 is 0. The molecule has 0 spiro atoms. The molecular weight excluding hydrogens is 318 g/mol. The van der Waals surface area contributed by atoms with E-state index in [1.54, 1.807) is 0 Å². The van der Waals surface area contributed by atoms with Crippen molar-refractivity contribution in [2.45, 2.75) is 6.61 Å². The number of hydrogen-bond acceptors (Lipinski definition) is 4. The molecule has 0 saturated carbocycles. The second-order valence-electron chi connectivity index (χ2n) is 5.03. The molecule has 2 aromatic rings. The van der Waals surface area contributed by atoms with Crippen molar-refractivity contribution < 1.29 is 18.3 Å². The molecule has 1 saturated heterocycles. The van der Waals surface area contributed by atoms with Crippen molar-refractivity contribution in [2.75, 3.05) is 18.0 Å². The highest BCUT2D eigenvalue weighted by Gasteiger charge is 2.23. The van der Waals surface area contributed by atoms with Crippen LogP contribution in [0.3, 0.4) is 0 Å². The molecule has 0 unspecified atom stereocenters. The minimum absolute atomic E-state index is 0.0454. The number of nitrogens with zero attached hydrogens (tertiary/aromatic N) is 3. The van der Waals surface area contributed by atoms with Gasteiger partial charge in [0.25, 0.3) is 0 Å². The van der Waals surface area contributed by atoms with Crippen LogP contribution in [0.25, 0.3) is 0 Å². The molecule has 0 radical (unpaired) electrons. The number of nitriles is 1. The average Bonchev–Trinajstić information content (AvgIpc) is 3.01. The van der Waals surface area contributed by atoms with E-state index in [2.05, 4.69) is 10.3 Å². The Morgan fingerprint density at radius 1 is 1.29 bits per heavy atom. The number of urea groups is 1. The van der Waals surface area contributed by atoms with Gasteiger partial charge >= 0.3 is 6.03 Å². The van der Waals surface area contributed by atoms with Gasteiger partial charge in [0, 0.05) is 13.1 Å². The highest BCUT2D eigenvalue weighted by Crippen LogP contribution is 2.21. The largest absolute Gasteiger partial charge is 0.484 e. The topological polar surface area (TPSA) is 78.2 Å². The maximum absolute atomic E-state index is 13.9. The van der Waals surface area contributed by atoms with Gasteiger partial charge in [-0.15, -0.1) is 0 Å². The van der Waals surface area contributed by atoms with Crippen molar-refractivity contribution in [1.29, 1.82) is 5.26 Å². The van der Waals surface area contributed by atoms with E-state index in [1.807, 2.05) is 6.07 Å². The van der Waals surface area contributed by atoms with Crippen LogP contribution in [0.4, 0.5) is 19.4 Å². The van der Waals surface area contributed by atoms with Crippen LogP contribution in [0, 0.1) is 23.0 Å². The van der Waals surface area contributed by atoms with E-state index < -0.39 is 11.6 Å². The number of ether oxygens (including phenoxy) is 1. The van der Waals surface area contributed by atoms with Gasteiger partial charge in [-0.05, 0) is 30.3 Å². The van der Waals surface area contributed by atoms with Crippen LogP contribution >= 0.6 is 0 Å². The lowest BCUT2D eigenvalue weighted by Crippen LogP contribution is -2.28. The number of pyridine rings is 1. The lowest BCUT2D eigenvalue weighted by molar-refractivity contribution is 0.252. The van der Waals surface area contributed by atoms with Gasteiger partial charge in [-0.1, -0.05) is 0 Å². The number of halogens is 2. The summed E-state index contributed by atoms with van der Waals surface area (Å²) in [6, 6.07) is 7.80. The fourth-order valence-electron chi connectivity index (χ4n) is 2.25. The zero-order valence-corrected chi connectivity index (χ0v) is 12.4. The molecule has 1 aromatic carbocycles. The summed E-state index contributed by atoms with van der Waals surface area (Å²) < 4.78 is 32.9. The van der Waals surface area contributed by atoms with Crippen molar-refractivity contribution in [3.63, 3.8) is 0 Å². The molecule has 2 amide bonds. The number of amides is 2. The minimum Gasteiger partial charge on any atom is -0.484 e. The number of nitrogens with one attached hydrogen (secondary N) is 1. The summed E-state index contributed by atoms with van der Waals surface area (Å²) in [7, 11) is 0. The fourth-order valence-corrected chi connectivity index (χ4v) is 2.25. The Hall–Kier alpha value is -3.21. The first-order chi connectivity index (χ1) is 11.6. The lowest BCUT2D eigenvalue weighted by Gasteiger charge is -2.15.